The number of hydrogen-bond acceptors (Lipinski definition) is 18. The van der Waals surface area contributed by atoms with Gasteiger partial charge in [-0.25, -0.2) is 4.79 Å². The predicted molar refractivity (Wildman–Crippen MR) is 105 cm³/mol. The standard InChI is InChI=1S/C18H32O18/c19-1-5(23)8(24)11(27)13(29)16(32)35-18(15(31)12(28)9(25)6(2-20)34-18)36-17(4-22)14(30)10(26)7(3-21)33-17/h5-15,19-31H,1-4H2/t5?,6-,7-,8?,9-,10-,11?,12+,13?,14+,15-,17?,18+/m1/s1. The number of hydrogen-bond donors (Lipinski definition) is 13. The fourth-order valence-corrected chi connectivity index (χ4v) is 3.66. The molecule has 0 bridgehead atoms. The fourth-order valence-electron chi connectivity index (χ4n) is 3.66. The van der Waals surface area contributed by atoms with E-state index in [4.69, 9.17) is 24.1 Å². The Hall–Kier alpha value is -1.17. The largest absolute Gasteiger partial charge is 0.403 e. The van der Waals surface area contributed by atoms with E-state index in [2.05, 4.69) is 0 Å². The smallest absolute Gasteiger partial charge is 0.362 e. The summed E-state index contributed by atoms with van der Waals surface area (Å²) in [4.78, 5) is 12.6. The lowest BCUT2D eigenvalue weighted by Crippen LogP contribution is -2.71. The maximum Gasteiger partial charge on any atom is 0.362 e. The lowest BCUT2D eigenvalue weighted by molar-refractivity contribution is -0.499. The highest BCUT2D eigenvalue weighted by molar-refractivity contribution is 5.75. The molecule has 0 aliphatic carbocycles. The van der Waals surface area contributed by atoms with Crippen molar-refractivity contribution in [3.05, 3.63) is 0 Å². The Morgan fingerprint density at radius 2 is 1.33 bits per heavy atom. The molecule has 2 fully saturated rings. The molecule has 2 heterocycles. The molecule has 0 aromatic heterocycles. The van der Waals surface area contributed by atoms with Crippen molar-refractivity contribution in [2.75, 3.05) is 26.4 Å². The average molecular weight is 536 g/mol. The van der Waals surface area contributed by atoms with Crippen molar-refractivity contribution in [3.8, 4) is 0 Å². The molecule has 0 amide bonds. The molecule has 13 atom stereocenters. The van der Waals surface area contributed by atoms with E-state index in [0.29, 0.717) is 0 Å². The molecule has 36 heavy (non-hydrogen) atoms. The first-order chi connectivity index (χ1) is 16.8. The van der Waals surface area contributed by atoms with E-state index in [1.54, 1.807) is 0 Å². The summed E-state index contributed by atoms with van der Waals surface area (Å²) in [5.74, 6) is -8.31. The van der Waals surface area contributed by atoms with Gasteiger partial charge in [0.25, 0.3) is 0 Å². The van der Waals surface area contributed by atoms with Crippen LogP contribution in [0.3, 0.4) is 0 Å². The second kappa shape index (κ2) is 12.1. The number of esters is 1. The predicted octanol–water partition coefficient (Wildman–Crippen LogP) is -9.09. The van der Waals surface area contributed by atoms with Gasteiger partial charge in [-0.05, 0) is 0 Å². The Labute approximate surface area is 202 Å². The Balaban J connectivity index is 2.47. The van der Waals surface area contributed by atoms with Crippen LogP contribution < -0.4 is 0 Å². The second-order valence-electron chi connectivity index (χ2n) is 8.31. The fraction of sp³-hybridized carbons (Fsp3) is 0.944. The van der Waals surface area contributed by atoms with Gasteiger partial charge in [-0.15, -0.1) is 0 Å². The first-order valence-corrected chi connectivity index (χ1v) is 10.6. The van der Waals surface area contributed by atoms with Gasteiger partial charge in [0, 0.05) is 0 Å². The summed E-state index contributed by atoms with van der Waals surface area (Å²) >= 11 is 0. The third-order valence-corrected chi connectivity index (χ3v) is 5.87. The molecule has 18 nitrogen and oxygen atoms in total. The summed E-state index contributed by atoms with van der Waals surface area (Å²) in [5.41, 5.74) is 0. The van der Waals surface area contributed by atoms with E-state index in [-0.39, 0.29) is 0 Å². The number of aliphatic hydroxyl groups is 13. The normalized spacial score (nSPS) is 42.5. The summed E-state index contributed by atoms with van der Waals surface area (Å²) in [5, 5.41) is 128. The van der Waals surface area contributed by atoms with Crippen molar-refractivity contribution in [1.29, 1.82) is 0 Å². The first-order valence-electron chi connectivity index (χ1n) is 10.6. The topological polar surface area (TPSA) is 317 Å². The average Bonchev–Trinajstić information content (AvgIpc) is 3.12. The van der Waals surface area contributed by atoms with Gasteiger partial charge >= 0.3 is 11.9 Å². The molecular formula is C18H32O18. The molecule has 0 aromatic rings. The van der Waals surface area contributed by atoms with Crippen LogP contribution in [0.1, 0.15) is 0 Å². The van der Waals surface area contributed by atoms with Crippen molar-refractivity contribution in [2.45, 2.75) is 78.9 Å². The molecule has 2 aliphatic rings. The zero-order valence-electron chi connectivity index (χ0n) is 18.5. The molecule has 13 N–H and O–H groups in total. The van der Waals surface area contributed by atoms with E-state index in [0.717, 1.165) is 0 Å². The minimum Gasteiger partial charge on any atom is -0.403 e. The van der Waals surface area contributed by atoms with Crippen LogP contribution in [-0.4, -0.2) is 178 Å². The number of carbonyl (C=O) groups excluding carboxylic acids is 1. The minimum atomic E-state index is -3.46. The number of rotatable bonds is 11. The number of carbonyl (C=O) groups is 1. The Morgan fingerprint density at radius 1 is 0.778 bits per heavy atom. The van der Waals surface area contributed by atoms with E-state index >= 15 is 0 Å². The van der Waals surface area contributed by atoms with E-state index in [1.165, 1.54) is 0 Å². The van der Waals surface area contributed by atoms with Crippen LogP contribution >= 0.6 is 0 Å². The first kappa shape index (κ1) is 31.1. The number of ether oxygens (including phenoxy) is 4. The Morgan fingerprint density at radius 3 is 1.81 bits per heavy atom. The minimum absolute atomic E-state index is 0.934. The number of aliphatic hydroxyl groups excluding tert-OH is 13. The van der Waals surface area contributed by atoms with Gasteiger partial charge < -0.3 is 80.6 Å². The van der Waals surface area contributed by atoms with Crippen molar-refractivity contribution in [1.82, 2.24) is 0 Å². The van der Waals surface area contributed by atoms with Crippen LogP contribution in [0.25, 0.3) is 0 Å². The molecule has 2 saturated heterocycles. The summed E-state index contributed by atoms with van der Waals surface area (Å²) in [6.45, 7) is -4.53. The second-order valence-corrected chi connectivity index (χ2v) is 8.31. The summed E-state index contributed by atoms with van der Waals surface area (Å²) in [7, 11) is 0. The molecule has 0 saturated carbocycles. The van der Waals surface area contributed by atoms with Gasteiger partial charge in [0.2, 0.25) is 5.79 Å². The Kier molecular flexibility index (Phi) is 10.5. The highest BCUT2D eigenvalue weighted by Gasteiger charge is 2.66. The Bertz CT molecular complexity index is 724. The van der Waals surface area contributed by atoms with E-state index in [1.807, 2.05) is 0 Å². The highest BCUT2D eigenvalue weighted by Crippen LogP contribution is 2.41. The third kappa shape index (κ3) is 5.63. The molecule has 2 rings (SSSR count). The molecule has 2 aliphatic heterocycles. The zero-order chi connectivity index (χ0) is 27.6. The molecular weight excluding hydrogens is 504 g/mol. The molecule has 0 radical (unpaired) electrons. The molecule has 5 unspecified atom stereocenters. The van der Waals surface area contributed by atoms with Gasteiger partial charge in [-0.1, -0.05) is 0 Å². The summed E-state index contributed by atoms with van der Waals surface area (Å²) in [6, 6.07) is 0. The van der Waals surface area contributed by atoms with Crippen molar-refractivity contribution >= 4 is 5.97 Å². The molecule has 0 spiro atoms. The van der Waals surface area contributed by atoms with Crippen LogP contribution in [0.4, 0.5) is 0 Å². The van der Waals surface area contributed by atoms with Crippen LogP contribution in [0, 0.1) is 0 Å². The van der Waals surface area contributed by atoms with Crippen molar-refractivity contribution in [2.24, 2.45) is 0 Å². The van der Waals surface area contributed by atoms with E-state index < -0.39 is 111 Å². The quantitative estimate of drug-likeness (QED) is 0.0860. The van der Waals surface area contributed by atoms with Crippen LogP contribution in [0.15, 0.2) is 0 Å². The highest BCUT2D eigenvalue weighted by atomic mass is 16.9. The van der Waals surface area contributed by atoms with Crippen LogP contribution in [0.5, 0.6) is 0 Å². The van der Waals surface area contributed by atoms with Gasteiger partial charge in [-0.2, -0.15) is 0 Å². The van der Waals surface area contributed by atoms with E-state index in [9.17, 15) is 66.1 Å². The van der Waals surface area contributed by atoms with Crippen LogP contribution in [0.2, 0.25) is 0 Å². The third-order valence-electron chi connectivity index (χ3n) is 5.87. The lowest BCUT2D eigenvalue weighted by Gasteiger charge is -2.49. The molecule has 18 heteroatoms. The van der Waals surface area contributed by atoms with Gasteiger partial charge in [0.15, 0.2) is 12.2 Å². The van der Waals surface area contributed by atoms with Gasteiger partial charge in [0.05, 0.1) is 19.8 Å². The van der Waals surface area contributed by atoms with Gasteiger partial charge in [-0.3, -0.25) is 4.74 Å². The molecule has 212 valence electrons. The van der Waals surface area contributed by atoms with Gasteiger partial charge in [0.1, 0.15) is 61.5 Å². The van der Waals surface area contributed by atoms with Crippen molar-refractivity contribution < 1.29 is 90.1 Å². The SMILES string of the molecule is O=C(O[C@@]1(OC2(CO)O[C@H](CO)[C@@H](O)[C@@H]2O)O[C@H](CO)[C@@H](O)[C@H](O)[C@H]1O)C(O)C(O)C(O)C(O)CO. The summed E-state index contributed by atoms with van der Waals surface area (Å²) in [6.07, 6.45) is -24.3. The zero-order valence-corrected chi connectivity index (χ0v) is 18.5. The molecule has 0 aromatic carbocycles. The maximum absolute atomic E-state index is 12.6. The van der Waals surface area contributed by atoms with Crippen molar-refractivity contribution in [3.63, 3.8) is 0 Å². The summed E-state index contributed by atoms with van der Waals surface area (Å²) < 4.78 is 20.3. The lowest BCUT2D eigenvalue weighted by atomic mass is 9.97. The van der Waals surface area contributed by atoms with Crippen LogP contribution in [-0.2, 0) is 23.7 Å². The monoisotopic (exact) mass is 536 g/mol. The maximum atomic E-state index is 12.6.